The fraction of sp³-hybridized carbons (Fsp3) is 0.154. The van der Waals surface area contributed by atoms with Gasteiger partial charge in [0.1, 0.15) is 4.99 Å². The first kappa shape index (κ1) is 15.0. The van der Waals surface area contributed by atoms with E-state index in [0.29, 0.717) is 4.99 Å². The maximum absolute atomic E-state index is 5.80. The van der Waals surface area contributed by atoms with Gasteiger partial charge in [0.2, 0.25) is 0 Å². The molecule has 0 aliphatic heterocycles. The minimum absolute atomic E-state index is 0.412. The number of anilines is 1. The van der Waals surface area contributed by atoms with E-state index in [1.165, 1.54) is 5.56 Å². The highest BCUT2D eigenvalue weighted by molar-refractivity contribution is 9.11. The smallest absolute Gasteiger partial charge is 0.106 e. The van der Waals surface area contributed by atoms with Crippen molar-refractivity contribution in [1.82, 2.24) is 0 Å². The molecule has 1 heterocycles. The van der Waals surface area contributed by atoms with E-state index < -0.39 is 0 Å². The molecule has 0 atom stereocenters. The Morgan fingerprint density at radius 2 is 2.11 bits per heavy atom. The normalized spacial score (nSPS) is 10.5. The van der Waals surface area contributed by atoms with E-state index in [1.807, 2.05) is 25.2 Å². The standard InChI is InChI=1S/C13H12Br2N2S2/c1-17(6-8-4-12(15)19-7-8)11-3-2-9(14)5-10(11)13(16)18/h2-5,7H,6H2,1H3,(H2,16,18). The molecule has 0 amide bonds. The van der Waals surface area contributed by atoms with Gasteiger partial charge in [0.25, 0.3) is 0 Å². The molecule has 2 rings (SSSR count). The Hall–Kier alpha value is -0.430. The van der Waals surface area contributed by atoms with Crippen LogP contribution in [0.25, 0.3) is 0 Å². The fourth-order valence-electron chi connectivity index (χ4n) is 1.83. The monoisotopic (exact) mass is 418 g/mol. The summed E-state index contributed by atoms with van der Waals surface area (Å²) in [5, 5.41) is 2.14. The van der Waals surface area contributed by atoms with E-state index in [-0.39, 0.29) is 0 Å². The van der Waals surface area contributed by atoms with Crippen molar-refractivity contribution in [3.63, 3.8) is 0 Å². The summed E-state index contributed by atoms with van der Waals surface area (Å²) in [6, 6.07) is 8.11. The molecule has 0 aliphatic rings. The highest BCUT2D eigenvalue weighted by Crippen LogP contribution is 2.27. The van der Waals surface area contributed by atoms with Crippen molar-refractivity contribution in [2.45, 2.75) is 6.54 Å². The molecule has 1 aromatic carbocycles. The van der Waals surface area contributed by atoms with Gasteiger partial charge in [-0.25, -0.2) is 0 Å². The van der Waals surface area contributed by atoms with Crippen molar-refractivity contribution >= 4 is 66.1 Å². The average molecular weight is 420 g/mol. The minimum atomic E-state index is 0.412. The molecule has 0 aliphatic carbocycles. The van der Waals surface area contributed by atoms with Crippen LogP contribution >= 0.6 is 55.4 Å². The first-order valence-electron chi connectivity index (χ1n) is 5.51. The zero-order valence-electron chi connectivity index (χ0n) is 10.2. The number of thiophene rings is 1. The van der Waals surface area contributed by atoms with Crippen LogP contribution in [0, 0.1) is 0 Å². The van der Waals surface area contributed by atoms with Crippen LogP contribution in [0.4, 0.5) is 5.69 Å². The van der Waals surface area contributed by atoms with Crippen LogP contribution in [0.3, 0.4) is 0 Å². The van der Waals surface area contributed by atoms with Crippen LogP contribution in [-0.2, 0) is 6.54 Å². The number of nitrogens with two attached hydrogens (primary N) is 1. The SMILES string of the molecule is CN(Cc1csc(Br)c1)c1ccc(Br)cc1C(N)=S. The largest absolute Gasteiger partial charge is 0.389 e. The first-order valence-corrected chi connectivity index (χ1v) is 8.38. The summed E-state index contributed by atoms with van der Waals surface area (Å²) in [6.45, 7) is 0.819. The van der Waals surface area contributed by atoms with Gasteiger partial charge >= 0.3 is 0 Å². The number of nitrogens with zero attached hydrogens (tertiary/aromatic N) is 1. The maximum atomic E-state index is 5.80. The predicted octanol–water partition coefficient (Wildman–Crippen LogP) is 4.54. The number of rotatable bonds is 4. The molecule has 2 N–H and O–H groups in total. The third kappa shape index (κ3) is 3.78. The summed E-state index contributed by atoms with van der Waals surface area (Å²) in [7, 11) is 2.04. The lowest BCUT2D eigenvalue weighted by molar-refractivity contribution is 0.926. The number of hydrogen-bond donors (Lipinski definition) is 1. The third-order valence-corrected chi connectivity index (χ3v) is 4.94. The van der Waals surface area contributed by atoms with Crippen LogP contribution in [0.2, 0.25) is 0 Å². The van der Waals surface area contributed by atoms with Crippen molar-refractivity contribution in [3.8, 4) is 0 Å². The van der Waals surface area contributed by atoms with Gasteiger partial charge < -0.3 is 10.6 Å². The number of hydrogen-bond acceptors (Lipinski definition) is 3. The molecule has 19 heavy (non-hydrogen) atoms. The van der Waals surface area contributed by atoms with Gasteiger partial charge in [0.05, 0.1) is 3.79 Å². The summed E-state index contributed by atoms with van der Waals surface area (Å²) in [5.41, 5.74) is 8.99. The van der Waals surface area contributed by atoms with Crippen molar-refractivity contribution in [1.29, 1.82) is 0 Å². The van der Waals surface area contributed by atoms with E-state index in [1.54, 1.807) is 11.3 Å². The Labute approximate surface area is 138 Å². The molecule has 0 radical (unpaired) electrons. The highest BCUT2D eigenvalue weighted by atomic mass is 79.9. The molecule has 0 fully saturated rings. The predicted molar refractivity (Wildman–Crippen MR) is 94.2 cm³/mol. The Balaban J connectivity index is 2.28. The van der Waals surface area contributed by atoms with E-state index in [2.05, 4.69) is 48.2 Å². The zero-order valence-corrected chi connectivity index (χ0v) is 15.0. The minimum Gasteiger partial charge on any atom is -0.389 e. The summed E-state index contributed by atoms with van der Waals surface area (Å²) >= 11 is 13.7. The van der Waals surface area contributed by atoms with Gasteiger partial charge in [-0.3, -0.25) is 0 Å². The molecule has 1 aromatic heterocycles. The summed E-state index contributed by atoms with van der Waals surface area (Å²) in [5.74, 6) is 0. The van der Waals surface area contributed by atoms with Gasteiger partial charge in [-0.2, -0.15) is 0 Å². The van der Waals surface area contributed by atoms with E-state index in [4.69, 9.17) is 18.0 Å². The van der Waals surface area contributed by atoms with Crippen LogP contribution in [0.15, 0.2) is 37.9 Å². The molecule has 0 unspecified atom stereocenters. The lowest BCUT2D eigenvalue weighted by atomic mass is 10.1. The van der Waals surface area contributed by atoms with Gasteiger partial charge in [0.15, 0.2) is 0 Å². The molecule has 100 valence electrons. The Kier molecular flexibility index (Phi) is 5.00. The van der Waals surface area contributed by atoms with Gasteiger partial charge in [0, 0.05) is 29.3 Å². The molecule has 2 aromatic rings. The molecular weight excluding hydrogens is 408 g/mol. The van der Waals surface area contributed by atoms with Crippen molar-refractivity contribution in [2.24, 2.45) is 5.73 Å². The summed E-state index contributed by atoms with van der Waals surface area (Å²) < 4.78 is 2.12. The van der Waals surface area contributed by atoms with Crippen molar-refractivity contribution in [2.75, 3.05) is 11.9 Å². The molecule has 0 saturated heterocycles. The third-order valence-electron chi connectivity index (χ3n) is 2.68. The molecular formula is C13H12Br2N2S2. The molecule has 0 bridgehead atoms. The second-order valence-corrected chi connectivity index (χ2v) is 7.79. The molecule has 2 nitrogen and oxygen atoms in total. The maximum Gasteiger partial charge on any atom is 0.106 e. The van der Waals surface area contributed by atoms with Crippen LogP contribution < -0.4 is 10.6 Å². The summed E-state index contributed by atoms with van der Waals surface area (Å²) in [4.78, 5) is 2.56. The Morgan fingerprint density at radius 1 is 1.37 bits per heavy atom. The Bertz CT molecular complexity index is 610. The van der Waals surface area contributed by atoms with Crippen LogP contribution in [0.5, 0.6) is 0 Å². The quantitative estimate of drug-likeness (QED) is 0.737. The molecule has 0 saturated carbocycles. The van der Waals surface area contributed by atoms with Crippen LogP contribution in [-0.4, -0.2) is 12.0 Å². The second kappa shape index (κ2) is 6.35. The fourth-order valence-corrected chi connectivity index (χ4v) is 3.55. The van der Waals surface area contributed by atoms with Gasteiger partial charge in [-0.05, 0) is 51.1 Å². The zero-order chi connectivity index (χ0) is 14.0. The molecule has 6 heteroatoms. The van der Waals surface area contributed by atoms with Crippen molar-refractivity contribution in [3.05, 3.63) is 49.0 Å². The average Bonchev–Trinajstić information content (AvgIpc) is 2.74. The van der Waals surface area contributed by atoms with Crippen molar-refractivity contribution < 1.29 is 0 Å². The topological polar surface area (TPSA) is 29.3 Å². The number of thiocarbonyl (C=S) groups is 1. The van der Waals surface area contributed by atoms with E-state index >= 15 is 0 Å². The van der Waals surface area contributed by atoms with E-state index in [0.717, 1.165) is 26.1 Å². The van der Waals surface area contributed by atoms with Gasteiger partial charge in [-0.15, -0.1) is 11.3 Å². The van der Waals surface area contributed by atoms with Gasteiger partial charge in [-0.1, -0.05) is 28.1 Å². The van der Waals surface area contributed by atoms with E-state index in [9.17, 15) is 0 Å². The lowest BCUT2D eigenvalue weighted by Gasteiger charge is -2.22. The first-order chi connectivity index (χ1) is 8.97. The highest BCUT2D eigenvalue weighted by Gasteiger charge is 2.11. The molecule has 0 spiro atoms. The Morgan fingerprint density at radius 3 is 2.68 bits per heavy atom. The second-order valence-electron chi connectivity index (χ2n) is 4.14. The number of halogens is 2. The number of benzene rings is 1. The summed E-state index contributed by atoms with van der Waals surface area (Å²) in [6.07, 6.45) is 0. The lowest BCUT2D eigenvalue weighted by Crippen LogP contribution is -2.21. The van der Waals surface area contributed by atoms with Crippen LogP contribution in [0.1, 0.15) is 11.1 Å².